The van der Waals surface area contributed by atoms with E-state index in [9.17, 15) is 22.4 Å². The van der Waals surface area contributed by atoms with Crippen LogP contribution in [-0.4, -0.2) is 78.2 Å². The number of pyridine rings is 1. The molecule has 232 valence electrons. The fraction of sp³-hybridized carbons (Fsp3) is 0.500. The van der Waals surface area contributed by atoms with Crippen molar-refractivity contribution >= 4 is 28.3 Å². The SMILES string of the molecule is CCOc1nc(-c2cc(N)c(F)c(C)c2C(F)(F)F)c(F)c2nc(OCC3CCN(C(C)=O)C3)nc(N3CCNCC3)c12. The van der Waals surface area contributed by atoms with Crippen molar-refractivity contribution in [3.05, 3.63) is 28.8 Å². The van der Waals surface area contributed by atoms with Gasteiger partial charge in [0.2, 0.25) is 11.8 Å². The van der Waals surface area contributed by atoms with Gasteiger partial charge in [0.25, 0.3) is 0 Å². The predicted molar refractivity (Wildman–Crippen MR) is 149 cm³/mol. The number of anilines is 2. The number of aromatic nitrogens is 3. The summed E-state index contributed by atoms with van der Waals surface area (Å²) < 4.78 is 85.3. The smallest absolute Gasteiger partial charge is 0.417 e. The zero-order chi connectivity index (χ0) is 31.1. The summed E-state index contributed by atoms with van der Waals surface area (Å²) >= 11 is 0. The van der Waals surface area contributed by atoms with E-state index in [2.05, 4.69) is 20.3 Å². The number of carbonyl (C=O) groups is 1. The number of hydrogen-bond donors (Lipinski definition) is 2. The zero-order valence-electron chi connectivity index (χ0n) is 23.9. The maximum atomic E-state index is 16.5. The number of alkyl halides is 3. The maximum absolute atomic E-state index is 16.5. The lowest BCUT2D eigenvalue weighted by Gasteiger charge is -2.30. The number of rotatable bonds is 7. The van der Waals surface area contributed by atoms with Crippen LogP contribution in [0.5, 0.6) is 11.9 Å². The lowest BCUT2D eigenvalue weighted by molar-refractivity contribution is -0.137. The molecule has 0 spiro atoms. The number of fused-ring (bicyclic) bond motifs is 1. The normalized spacial score (nSPS) is 17.5. The Bertz CT molecular complexity index is 1550. The number of likely N-dealkylation sites (tertiary alicyclic amines) is 1. The van der Waals surface area contributed by atoms with E-state index >= 15 is 4.39 Å². The van der Waals surface area contributed by atoms with Crippen molar-refractivity contribution in [3.63, 3.8) is 0 Å². The van der Waals surface area contributed by atoms with Gasteiger partial charge in [-0.05, 0) is 31.9 Å². The van der Waals surface area contributed by atoms with Crippen LogP contribution in [0, 0.1) is 24.5 Å². The van der Waals surface area contributed by atoms with Gasteiger partial charge in [0.1, 0.15) is 28.2 Å². The molecule has 15 heteroatoms. The molecule has 3 aromatic rings. The van der Waals surface area contributed by atoms with Gasteiger partial charge in [-0.1, -0.05) is 0 Å². The zero-order valence-corrected chi connectivity index (χ0v) is 23.9. The molecule has 1 aromatic carbocycles. The average molecular weight is 610 g/mol. The van der Waals surface area contributed by atoms with Crippen molar-refractivity contribution in [1.82, 2.24) is 25.2 Å². The number of nitrogens with zero attached hydrogens (tertiary/aromatic N) is 5. The highest BCUT2D eigenvalue weighted by atomic mass is 19.4. The highest BCUT2D eigenvalue weighted by molar-refractivity contribution is 5.97. The van der Waals surface area contributed by atoms with E-state index in [1.165, 1.54) is 6.92 Å². The summed E-state index contributed by atoms with van der Waals surface area (Å²) in [6.45, 7) is 7.49. The van der Waals surface area contributed by atoms with Crippen molar-refractivity contribution in [3.8, 4) is 23.1 Å². The third-order valence-electron chi connectivity index (χ3n) is 7.65. The van der Waals surface area contributed by atoms with Crippen LogP contribution in [0.25, 0.3) is 22.2 Å². The van der Waals surface area contributed by atoms with E-state index in [-0.39, 0.29) is 53.7 Å². The lowest BCUT2D eigenvalue weighted by atomic mass is 9.96. The molecule has 2 aliphatic rings. The van der Waals surface area contributed by atoms with Crippen LogP contribution in [-0.2, 0) is 11.0 Å². The van der Waals surface area contributed by atoms with Crippen LogP contribution in [0.4, 0.5) is 33.5 Å². The Kier molecular flexibility index (Phi) is 8.45. The maximum Gasteiger partial charge on any atom is 0.417 e. The van der Waals surface area contributed by atoms with Gasteiger partial charge in [-0.2, -0.15) is 23.1 Å². The van der Waals surface area contributed by atoms with E-state index in [0.29, 0.717) is 45.7 Å². The highest BCUT2D eigenvalue weighted by Crippen LogP contribution is 2.45. The molecule has 0 aliphatic carbocycles. The van der Waals surface area contributed by atoms with E-state index in [1.807, 2.05) is 4.90 Å². The fourth-order valence-electron chi connectivity index (χ4n) is 5.51. The summed E-state index contributed by atoms with van der Waals surface area (Å²) in [7, 11) is 0. The molecule has 3 N–H and O–H groups in total. The van der Waals surface area contributed by atoms with Crippen LogP contribution in [0.3, 0.4) is 0 Å². The van der Waals surface area contributed by atoms with Crippen LogP contribution in [0.15, 0.2) is 6.07 Å². The minimum atomic E-state index is -5.05. The quantitative estimate of drug-likeness (QED) is 0.303. The first-order valence-electron chi connectivity index (χ1n) is 13.9. The molecule has 10 nitrogen and oxygen atoms in total. The number of halogens is 5. The Labute approximate surface area is 244 Å². The third kappa shape index (κ3) is 5.94. The molecule has 1 atom stereocenters. The summed E-state index contributed by atoms with van der Waals surface area (Å²) in [5.74, 6) is -2.44. The molecule has 2 saturated heterocycles. The number of hydrogen-bond acceptors (Lipinski definition) is 9. The molecule has 2 aliphatic heterocycles. The van der Waals surface area contributed by atoms with Crippen molar-refractivity contribution < 1.29 is 36.2 Å². The number of benzene rings is 1. The van der Waals surface area contributed by atoms with Gasteiger partial charge in [0.15, 0.2) is 5.82 Å². The van der Waals surface area contributed by atoms with Gasteiger partial charge in [-0.25, -0.2) is 13.8 Å². The number of nitrogens with two attached hydrogens (primary N) is 1. The summed E-state index contributed by atoms with van der Waals surface area (Å²) in [5, 5.41) is 3.29. The first-order chi connectivity index (χ1) is 20.4. The first-order valence-corrected chi connectivity index (χ1v) is 13.9. The number of amides is 1. The summed E-state index contributed by atoms with van der Waals surface area (Å²) in [6.07, 6.45) is -4.36. The Morgan fingerprint density at radius 1 is 1.12 bits per heavy atom. The summed E-state index contributed by atoms with van der Waals surface area (Å²) in [6, 6.07) is 0.529. The number of carbonyl (C=O) groups excluding carboxylic acids is 1. The molecule has 0 bridgehead atoms. The number of nitrogen functional groups attached to an aromatic ring is 1. The van der Waals surface area contributed by atoms with Gasteiger partial charge in [-0.3, -0.25) is 4.79 Å². The Hall–Kier alpha value is -4.01. The van der Waals surface area contributed by atoms with Crippen LogP contribution >= 0.6 is 0 Å². The topological polar surface area (TPSA) is 119 Å². The number of nitrogens with one attached hydrogen (secondary N) is 1. The second-order valence-corrected chi connectivity index (χ2v) is 10.6. The predicted octanol–water partition coefficient (Wildman–Crippen LogP) is 3.93. The van der Waals surface area contributed by atoms with Crippen LogP contribution in [0.1, 0.15) is 31.4 Å². The van der Waals surface area contributed by atoms with Crippen molar-refractivity contribution in [2.24, 2.45) is 5.92 Å². The van der Waals surface area contributed by atoms with Crippen LogP contribution in [0.2, 0.25) is 0 Å². The second-order valence-electron chi connectivity index (χ2n) is 10.6. The molecular formula is C28H32F5N7O3. The van der Waals surface area contributed by atoms with E-state index in [4.69, 9.17) is 15.2 Å². The molecular weight excluding hydrogens is 577 g/mol. The van der Waals surface area contributed by atoms with Gasteiger partial charge in [-0.15, -0.1) is 0 Å². The van der Waals surface area contributed by atoms with Gasteiger partial charge < -0.3 is 30.3 Å². The molecule has 0 radical (unpaired) electrons. The van der Waals surface area contributed by atoms with Crippen molar-refractivity contribution in [2.45, 2.75) is 33.4 Å². The Morgan fingerprint density at radius 2 is 1.84 bits per heavy atom. The number of ether oxygens (including phenoxy) is 2. The first kappa shape index (κ1) is 30.4. The van der Waals surface area contributed by atoms with Gasteiger partial charge >= 0.3 is 12.2 Å². The molecule has 4 heterocycles. The summed E-state index contributed by atoms with van der Waals surface area (Å²) in [5.41, 5.74) is 1.05. The second kappa shape index (κ2) is 11.9. The monoisotopic (exact) mass is 609 g/mol. The minimum absolute atomic E-state index is 0.0119. The lowest BCUT2D eigenvalue weighted by Crippen LogP contribution is -2.44. The molecule has 5 rings (SSSR count). The van der Waals surface area contributed by atoms with Gasteiger partial charge in [0, 0.05) is 57.7 Å². The molecule has 2 fully saturated rings. The van der Waals surface area contributed by atoms with Crippen molar-refractivity contribution in [1.29, 1.82) is 0 Å². The van der Waals surface area contributed by atoms with E-state index < -0.39 is 45.9 Å². The Balaban J connectivity index is 1.70. The minimum Gasteiger partial charge on any atom is -0.477 e. The molecule has 43 heavy (non-hydrogen) atoms. The third-order valence-corrected chi connectivity index (χ3v) is 7.65. The van der Waals surface area contributed by atoms with Gasteiger partial charge in [0.05, 0.1) is 24.5 Å². The van der Waals surface area contributed by atoms with Crippen LogP contribution < -0.4 is 25.4 Å². The van der Waals surface area contributed by atoms with E-state index in [1.54, 1.807) is 11.8 Å². The molecule has 2 aromatic heterocycles. The molecule has 0 saturated carbocycles. The highest BCUT2D eigenvalue weighted by Gasteiger charge is 2.39. The largest absolute Gasteiger partial charge is 0.477 e. The number of piperazine rings is 1. The fourth-order valence-corrected chi connectivity index (χ4v) is 5.51. The molecule has 1 amide bonds. The average Bonchev–Trinajstić information content (AvgIpc) is 3.45. The summed E-state index contributed by atoms with van der Waals surface area (Å²) in [4.78, 5) is 28.4. The van der Waals surface area contributed by atoms with Crippen molar-refractivity contribution in [2.75, 3.05) is 63.1 Å². The Morgan fingerprint density at radius 3 is 2.47 bits per heavy atom. The standard InChI is InChI=1S/C28H32F5N7O3/c1-4-42-26-19-24(22(30)23(36-26)17-11-18(34)21(29)14(2)20(17)28(31,32)33)37-27(38-25(19)39-9-6-35-7-10-39)43-13-16-5-8-40(12-16)15(3)41/h11,16,35H,4-10,12-13,34H2,1-3H3. The van der Waals surface area contributed by atoms with E-state index in [0.717, 1.165) is 13.0 Å². The molecule has 1 unspecified atom stereocenters.